The van der Waals surface area contributed by atoms with Crippen LogP contribution in [0.3, 0.4) is 0 Å². The monoisotopic (exact) mass is 595 g/mol. The van der Waals surface area contributed by atoms with Crippen molar-refractivity contribution in [3.63, 3.8) is 0 Å². The molecule has 224 valence electrons. The number of phenols is 1. The molecule has 4 fully saturated rings. The maximum Gasteiger partial charge on any atom is 0.319 e. The normalized spacial score (nSPS) is 25.8. The smallest absolute Gasteiger partial charge is 0.319 e. The van der Waals surface area contributed by atoms with Gasteiger partial charge in [-0.15, -0.1) is 6.42 Å². The molecule has 0 spiro atoms. The van der Waals surface area contributed by atoms with E-state index in [1.807, 2.05) is 0 Å². The lowest BCUT2D eigenvalue weighted by Crippen LogP contribution is -2.51. The molecule has 2 N–H and O–H groups in total. The summed E-state index contributed by atoms with van der Waals surface area (Å²) in [6.45, 7) is 6.11. The Morgan fingerprint density at radius 3 is 2.84 bits per heavy atom. The molecular weight excluding hydrogens is 562 g/mol. The first-order valence-electron chi connectivity index (χ1n) is 15.6. The predicted molar refractivity (Wildman–Crippen MR) is 165 cm³/mol. The summed E-state index contributed by atoms with van der Waals surface area (Å²) in [5.41, 5.74) is 0.448. The van der Waals surface area contributed by atoms with E-state index in [0.29, 0.717) is 36.1 Å². The number of aromatic nitrogens is 3. The van der Waals surface area contributed by atoms with E-state index in [-0.39, 0.29) is 51.6 Å². The zero-order valence-corrected chi connectivity index (χ0v) is 24.1. The highest BCUT2D eigenvalue weighted by molar-refractivity contribution is 6.03. The van der Waals surface area contributed by atoms with Crippen LogP contribution in [0.2, 0.25) is 0 Å². The summed E-state index contributed by atoms with van der Waals surface area (Å²) in [7, 11) is 0. The van der Waals surface area contributed by atoms with E-state index in [9.17, 15) is 9.50 Å². The van der Waals surface area contributed by atoms with Crippen molar-refractivity contribution in [2.45, 2.75) is 49.7 Å². The number of phenolic OH excluding ortho intramolecular Hbond substituents is 1. The molecule has 44 heavy (non-hydrogen) atoms. The van der Waals surface area contributed by atoms with Crippen LogP contribution in [0.15, 0.2) is 42.6 Å². The Balaban J connectivity index is 1.30. The number of fused-ring (bicyclic) bond motifs is 5. The van der Waals surface area contributed by atoms with Crippen molar-refractivity contribution in [3.8, 4) is 35.4 Å². The lowest BCUT2D eigenvalue weighted by atomic mass is 9.94. The zero-order valence-electron chi connectivity index (χ0n) is 25.1. The number of nitrogens with one attached hydrogen (secondary N) is 1. The van der Waals surface area contributed by atoms with Gasteiger partial charge in [-0.1, -0.05) is 24.1 Å². The third kappa shape index (κ3) is 4.29. The van der Waals surface area contributed by atoms with Gasteiger partial charge in [-0.2, -0.15) is 9.97 Å². The highest BCUT2D eigenvalue weighted by Crippen LogP contribution is 2.42. The molecule has 0 radical (unpaired) electrons. The number of halogens is 2. The lowest BCUT2D eigenvalue weighted by molar-refractivity contribution is 0.108. The second-order valence-electron chi connectivity index (χ2n) is 12.5. The van der Waals surface area contributed by atoms with E-state index in [1.54, 1.807) is 0 Å². The Morgan fingerprint density at radius 2 is 2.05 bits per heavy atom. The number of rotatable bonds is 5. The summed E-state index contributed by atoms with van der Waals surface area (Å²) < 4.78 is 47.0. The number of terminal acetylenes is 1. The molecule has 2 unspecified atom stereocenters. The van der Waals surface area contributed by atoms with Crippen molar-refractivity contribution in [1.82, 2.24) is 25.2 Å². The summed E-state index contributed by atoms with van der Waals surface area (Å²) in [6, 6.07) is 5.95. The average Bonchev–Trinajstić information content (AvgIpc) is 3.68. The van der Waals surface area contributed by atoms with Gasteiger partial charge in [0.15, 0.2) is 5.82 Å². The fourth-order valence-corrected chi connectivity index (χ4v) is 7.72. The topological polar surface area (TPSA) is 86.6 Å². The van der Waals surface area contributed by atoms with Gasteiger partial charge in [0, 0.05) is 48.9 Å². The van der Waals surface area contributed by atoms with E-state index in [1.165, 1.54) is 30.5 Å². The standard InChI is InChI=1S/C34H32F2N6O2/c1-3-24-27(35)8-5-20-11-23(43)12-25(28(20)24)30-29(36)31-26(14-37-30)32(41-16-21-6-7-22(17-41)38-21)40-33(39-31)44-18-34-9-4-10-42(34)15-19(2)13-34/h1,5,8,11-12,14,21-22,38,43H,2,4,6-7,9-10,13,15-18H2/t21-,22+,34?/i18D/t18?,21-,22+,34?. The number of nitrogens with zero attached hydrogens (tertiary/aromatic N) is 5. The average molecular weight is 596 g/mol. The second-order valence-corrected chi connectivity index (χ2v) is 12.5. The molecule has 2 aromatic carbocycles. The number of hydrogen-bond acceptors (Lipinski definition) is 8. The number of benzene rings is 2. The van der Waals surface area contributed by atoms with Crippen molar-refractivity contribution < 1.29 is 20.0 Å². The quantitative estimate of drug-likeness (QED) is 0.248. The van der Waals surface area contributed by atoms with Gasteiger partial charge in [-0.25, -0.2) is 8.78 Å². The molecule has 4 aromatic rings. The minimum atomic E-state index is -1.01. The van der Waals surface area contributed by atoms with Gasteiger partial charge in [0.2, 0.25) is 0 Å². The minimum absolute atomic E-state index is 0.0372. The molecule has 2 aromatic heterocycles. The summed E-state index contributed by atoms with van der Waals surface area (Å²) in [5.74, 6) is 1.30. The number of anilines is 1. The van der Waals surface area contributed by atoms with Gasteiger partial charge < -0.3 is 20.1 Å². The summed E-state index contributed by atoms with van der Waals surface area (Å²) in [5, 5.41) is 15.2. The van der Waals surface area contributed by atoms with Gasteiger partial charge >= 0.3 is 6.01 Å². The first-order valence-corrected chi connectivity index (χ1v) is 15.0. The molecule has 0 amide bonds. The van der Waals surface area contributed by atoms with Crippen LogP contribution < -0.4 is 15.0 Å². The third-order valence-electron chi connectivity index (χ3n) is 9.63. The molecule has 4 saturated heterocycles. The van der Waals surface area contributed by atoms with Gasteiger partial charge in [0.1, 0.15) is 35.2 Å². The molecule has 4 aliphatic rings. The molecule has 8 rings (SSSR count). The van der Waals surface area contributed by atoms with Crippen LogP contribution in [0.5, 0.6) is 11.8 Å². The third-order valence-corrected chi connectivity index (χ3v) is 9.63. The van der Waals surface area contributed by atoms with Crippen LogP contribution in [-0.2, 0) is 0 Å². The number of piperazine rings is 1. The maximum absolute atomic E-state index is 16.8. The van der Waals surface area contributed by atoms with Crippen LogP contribution in [-0.4, -0.2) is 75.3 Å². The fourth-order valence-electron chi connectivity index (χ4n) is 7.72. The van der Waals surface area contributed by atoms with Crippen molar-refractivity contribution in [2.75, 3.05) is 37.7 Å². The second kappa shape index (κ2) is 10.1. The molecule has 4 atom stereocenters. The summed E-state index contributed by atoms with van der Waals surface area (Å²) >= 11 is 0. The van der Waals surface area contributed by atoms with E-state index in [2.05, 4.69) is 37.6 Å². The van der Waals surface area contributed by atoms with Crippen LogP contribution >= 0.6 is 0 Å². The lowest BCUT2D eigenvalue weighted by Gasteiger charge is -2.34. The molecule has 0 saturated carbocycles. The van der Waals surface area contributed by atoms with Gasteiger partial charge in [0.05, 0.1) is 17.9 Å². The first-order chi connectivity index (χ1) is 21.7. The van der Waals surface area contributed by atoms with Gasteiger partial charge in [-0.3, -0.25) is 9.88 Å². The van der Waals surface area contributed by atoms with E-state index in [0.717, 1.165) is 44.3 Å². The summed E-state index contributed by atoms with van der Waals surface area (Å²) in [4.78, 5) is 18.2. The van der Waals surface area contributed by atoms with Crippen LogP contribution in [0, 0.1) is 24.0 Å². The number of ether oxygens (including phenoxy) is 1. The van der Waals surface area contributed by atoms with Crippen LogP contribution in [0.4, 0.5) is 14.6 Å². The maximum atomic E-state index is 16.8. The number of pyridine rings is 1. The van der Waals surface area contributed by atoms with Crippen molar-refractivity contribution >= 4 is 27.5 Å². The molecule has 10 heteroatoms. The van der Waals surface area contributed by atoms with Gasteiger partial charge in [0.25, 0.3) is 0 Å². The Bertz CT molecular complexity index is 1940. The molecule has 2 bridgehead atoms. The van der Waals surface area contributed by atoms with E-state index >= 15 is 4.39 Å². The van der Waals surface area contributed by atoms with E-state index < -0.39 is 23.8 Å². The molecule has 0 aliphatic carbocycles. The van der Waals surface area contributed by atoms with E-state index in [4.69, 9.17) is 17.5 Å². The highest BCUT2D eigenvalue weighted by atomic mass is 19.1. The molecule has 6 heterocycles. The van der Waals surface area contributed by atoms with Gasteiger partial charge in [-0.05, 0) is 62.2 Å². The molecule has 8 nitrogen and oxygen atoms in total. The molecule has 4 aliphatic heterocycles. The van der Waals surface area contributed by atoms with Crippen LogP contribution in [0.25, 0.3) is 32.9 Å². The Hall–Kier alpha value is -4.33. The van der Waals surface area contributed by atoms with Crippen molar-refractivity contribution in [2.24, 2.45) is 0 Å². The highest BCUT2D eigenvalue weighted by Gasteiger charge is 2.46. The van der Waals surface area contributed by atoms with Crippen molar-refractivity contribution in [3.05, 3.63) is 59.8 Å². The Morgan fingerprint density at radius 1 is 1.23 bits per heavy atom. The summed E-state index contributed by atoms with van der Waals surface area (Å²) in [6.07, 6.45) is 11.7. The predicted octanol–water partition coefficient (Wildman–Crippen LogP) is 4.92. The Kier molecular flexibility index (Phi) is 6.00. The number of hydrogen-bond donors (Lipinski definition) is 2. The largest absolute Gasteiger partial charge is 0.508 e. The van der Waals surface area contributed by atoms with Crippen LogP contribution in [0.1, 0.15) is 39.0 Å². The van der Waals surface area contributed by atoms with Crippen molar-refractivity contribution in [1.29, 1.82) is 0 Å². The fraction of sp³-hybridized carbons (Fsp3) is 0.382. The Labute approximate surface area is 255 Å². The number of aromatic hydroxyl groups is 1. The molecular formula is C34H32F2N6O2. The zero-order chi connectivity index (χ0) is 31.0. The minimum Gasteiger partial charge on any atom is -0.508 e. The SMILES string of the molecule is [2H]C(Oc1nc(N2C[C@H]3CC[C@@H](C2)N3)c2cnc(-c3cc(O)cc4ccc(F)c(C#C)c34)c(F)c2n1)C12CCCN1CC(=C)C2. The first kappa shape index (κ1) is 26.1.